The number of nitrogens with one attached hydrogen (secondary N) is 1. The topological polar surface area (TPSA) is 78.9 Å². The second-order valence-electron chi connectivity index (χ2n) is 6.25. The highest BCUT2D eigenvalue weighted by Gasteiger charge is 2.28. The summed E-state index contributed by atoms with van der Waals surface area (Å²) in [6.45, 7) is 2.16. The van der Waals surface area contributed by atoms with Crippen LogP contribution in [0.1, 0.15) is 34.8 Å². The van der Waals surface area contributed by atoms with E-state index in [9.17, 15) is 4.79 Å². The summed E-state index contributed by atoms with van der Waals surface area (Å²) in [5, 5.41) is 12.9. The molecule has 5 heteroatoms. The molecule has 1 aliphatic heterocycles. The van der Waals surface area contributed by atoms with Gasteiger partial charge >= 0.3 is 0 Å². The lowest BCUT2D eigenvalue weighted by Gasteiger charge is -2.31. The molecule has 0 aliphatic carbocycles. The molecule has 3 N–H and O–H groups in total. The van der Waals surface area contributed by atoms with E-state index in [0.29, 0.717) is 16.8 Å². The number of hydrogen-bond acceptors (Lipinski definition) is 4. The van der Waals surface area contributed by atoms with Crippen LogP contribution >= 0.6 is 11.8 Å². The van der Waals surface area contributed by atoms with Crippen LogP contribution in [0.15, 0.2) is 59.6 Å². The summed E-state index contributed by atoms with van der Waals surface area (Å²) in [5.41, 5.74) is 8.42. The lowest BCUT2D eigenvalue weighted by Crippen LogP contribution is -2.25. The van der Waals surface area contributed by atoms with Crippen molar-refractivity contribution in [2.24, 2.45) is 5.73 Å². The maximum atomic E-state index is 12.5. The third kappa shape index (κ3) is 3.70. The van der Waals surface area contributed by atoms with E-state index in [1.165, 1.54) is 0 Å². The molecular formula is C20H19N3OS. The van der Waals surface area contributed by atoms with Gasteiger partial charge in [-0.2, -0.15) is 5.26 Å². The van der Waals surface area contributed by atoms with Gasteiger partial charge in [0.1, 0.15) is 0 Å². The molecule has 1 unspecified atom stereocenters. The van der Waals surface area contributed by atoms with Crippen molar-refractivity contribution in [1.29, 1.82) is 5.26 Å². The number of hydrogen-bond donors (Lipinski definition) is 2. The predicted molar refractivity (Wildman–Crippen MR) is 102 cm³/mol. The smallest absolute Gasteiger partial charge is 0.257 e. The van der Waals surface area contributed by atoms with E-state index in [4.69, 9.17) is 11.0 Å². The average Bonchev–Trinajstić information content (AvgIpc) is 2.61. The molecule has 1 atom stereocenters. The number of anilines is 1. The molecule has 2 aromatic carbocycles. The first-order chi connectivity index (χ1) is 12.0. The molecule has 0 spiro atoms. The number of allylic oxidation sites excluding steroid dienone is 1. The maximum Gasteiger partial charge on any atom is 0.257 e. The molecule has 0 saturated heterocycles. The van der Waals surface area contributed by atoms with Crippen molar-refractivity contribution in [3.63, 3.8) is 0 Å². The largest absolute Gasteiger partial charge is 0.394 e. The molecule has 0 bridgehead atoms. The van der Waals surface area contributed by atoms with Crippen LogP contribution in [0, 0.1) is 11.3 Å². The number of rotatable bonds is 3. The SMILES string of the molecule is CC1(c2cccc(NC(=O)c3ccccc3C#N)c2)C=C(N)SCC1. The maximum absolute atomic E-state index is 12.5. The van der Waals surface area contributed by atoms with Crippen molar-refractivity contribution in [2.45, 2.75) is 18.8 Å². The number of nitrogens with zero attached hydrogens (tertiary/aromatic N) is 1. The number of amides is 1. The monoisotopic (exact) mass is 349 g/mol. The first-order valence-electron chi connectivity index (χ1n) is 8.04. The minimum Gasteiger partial charge on any atom is -0.394 e. The molecule has 1 heterocycles. The fourth-order valence-electron chi connectivity index (χ4n) is 2.97. The van der Waals surface area contributed by atoms with E-state index in [0.717, 1.165) is 22.8 Å². The van der Waals surface area contributed by atoms with Crippen LogP contribution in [0.3, 0.4) is 0 Å². The van der Waals surface area contributed by atoms with Gasteiger partial charge < -0.3 is 11.1 Å². The highest BCUT2D eigenvalue weighted by Crippen LogP contribution is 2.38. The van der Waals surface area contributed by atoms with E-state index in [2.05, 4.69) is 30.5 Å². The van der Waals surface area contributed by atoms with Crippen molar-refractivity contribution >= 4 is 23.4 Å². The zero-order valence-corrected chi connectivity index (χ0v) is 14.8. The summed E-state index contributed by atoms with van der Waals surface area (Å²) in [7, 11) is 0. The number of carbonyl (C=O) groups excluding carboxylic acids is 1. The molecule has 25 heavy (non-hydrogen) atoms. The fourth-order valence-corrected chi connectivity index (χ4v) is 4.07. The van der Waals surface area contributed by atoms with Crippen molar-refractivity contribution in [3.05, 3.63) is 76.3 Å². The number of thioether (sulfide) groups is 1. The lowest BCUT2D eigenvalue weighted by atomic mass is 9.79. The van der Waals surface area contributed by atoms with E-state index < -0.39 is 0 Å². The number of carbonyl (C=O) groups is 1. The molecule has 1 aliphatic rings. The van der Waals surface area contributed by atoms with Crippen LogP contribution in [0.25, 0.3) is 0 Å². The molecule has 0 radical (unpaired) electrons. The molecule has 0 saturated carbocycles. The van der Waals surface area contributed by atoms with Gasteiger partial charge in [0, 0.05) is 16.9 Å². The van der Waals surface area contributed by atoms with E-state index in [-0.39, 0.29) is 11.3 Å². The third-order valence-electron chi connectivity index (χ3n) is 4.42. The first-order valence-corrected chi connectivity index (χ1v) is 9.02. The molecule has 4 nitrogen and oxygen atoms in total. The molecular weight excluding hydrogens is 330 g/mol. The van der Waals surface area contributed by atoms with Crippen LogP contribution in [0.4, 0.5) is 5.69 Å². The summed E-state index contributed by atoms with van der Waals surface area (Å²) >= 11 is 1.67. The van der Waals surface area contributed by atoms with Gasteiger partial charge in [0.25, 0.3) is 5.91 Å². The zero-order valence-electron chi connectivity index (χ0n) is 14.0. The van der Waals surface area contributed by atoms with Crippen molar-refractivity contribution in [2.75, 3.05) is 11.1 Å². The zero-order chi connectivity index (χ0) is 17.9. The fraction of sp³-hybridized carbons (Fsp3) is 0.200. The number of nitrogens with two attached hydrogens (primary N) is 1. The van der Waals surface area contributed by atoms with Gasteiger partial charge in [0.05, 0.1) is 22.2 Å². The molecule has 126 valence electrons. The van der Waals surface area contributed by atoms with E-state index >= 15 is 0 Å². The highest BCUT2D eigenvalue weighted by atomic mass is 32.2. The van der Waals surface area contributed by atoms with Gasteiger partial charge in [-0.15, -0.1) is 11.8 Å². The normalized spacial score (nSPS) is 19.6. The Balaban J connectivity index is 1.87. The van der Waals surface area contributed by atoms with Gasteiger partial charge in [-0.3, -0.25) is 4.79 Å². The molecule has 2 aromatic rings. The Morgan fingerprint density at radius 1 is 1.28 bits per heavy atom. The Bertz CT molecular complexity index is 885. The van der Waals surface area contributed by atoms with Gasteiger partial charge in [0.15, 0.2) is 0 Å². The van der Waals surface area contributed by atoms with Gasteiger partial charge in [-0.25, -0.2) is 0 Å². The summed E-state index contributed by atoms with van der Waals surface area (Å²) in [6.07, 6.45) is 3.08. The lowest BCUT2D eigenvalue weighted by molar-refractivity contribution is 0.102. The summed E-state index contributed by atoms with van der Waals surface area (Å²) in [6, 6.07) is 16.7. The minimum absolute atomic E-state index is 0.138. The summed E-state index contributed by atoms with van der Waals surface area (Å²) < 4.78 is 0. The Hall–Kier alpha value is -2.71. The van der Waals surface area contributed by atoms with Gasteiger partial charge in [-0.05, 0) is 42.3 Å². The first kappa shape index (κ1) is 17.1. The summed E-state index contributed by atoms with van der Waals surface area (Å²) in [5.74, 6) is 0.694. The van der Waals surface area contributed by atoms with Crippen molar-refractivity contribution < 1.29 is 4.79 Å². The Kier molecular flexibility index (Phi) is 4.82. The van der Waals surface area contributed by atoms with Gasteiger partial charge in [0.2, 0.25) is 0 Å². The molecule has 3 rings (SSSR count). The van der Waals surface area contributed by atoms with Crippen LogP contribution in [0.2, 0.25) is 0 Å². The second kappa shape index (κ2) is 7.04. The molecule has 0 aromatic heterocycles. The summed E-state index contributed by atoms with van der Waals surface area (Å²) in [4.78, 5) is 12.5. The Morgan fingerprint density at radius 2 is 2.08 bits per heavy atom. The Labute approximate surface area is 151 Å². The second-order valence-corrected chi connectivity index (χ2v) is 7.42. The van der Waals surface area contributed by atoms with Crippen LogP contribution in [0.5, 0.6) is 0 Å². The predicted octanol–water partition coefficient (Wildman–Crippen LogP) is 4.01. The Morgan fingerprint density at radius 3 is 2.84 bits per heavy atom. The average molecular weight is 349 g/mol. The quantitative estimate of drug-likeness (QED) is 0.877. The number of benzene rings is 2. The van der Waals surface area contributed by atoms with Crippen LogP contribution in [-0.2, 0) is 5.41 Å². The van der Waals surface area contributed by atoms with E-state index in [1.54, 1.807) is 36.0 Å². The van der Waals surface area contributed by atoms with Crippen LogP contribution in [-0.4, -0.2) is 11.7 Å². The molecule has 1 amide bonds. The standard InChI is InChI=1S/C20H19N3OS/c1-20(9-10-25-18(22)12-20)15-6-4-7-16(11-15)23-19(24)17-8-3-2-5-14(17)13-21/h2-8,11-12H,9-10,22H2,1H3,(H,23,24). The van der Waals surface area contributed by atoms with Crippen molar-refractivity contribution in [3.8, 4) is 6.07 Å². The third-order valence-corrected chi connectivity index (χ3v) is 5.28. The molecule has 0 fully saturated rings. The number of nitriles is 1. The van der Waals surface area contributed by atoms with Crippen LogP contribution < -0.4 is 11.1 Å². The van der Waals surface area contributed by atoms with Gasteiger partial charge in [-0.1, -0.05) is 31.2 Å². The minimum atomic E-state index is -0.284. The van der Waals surface area contributed by atoms with Crippen molar-refractivity contribution in [1.82, 2.24) is 0 Å². The van der Waals surface area contributed by atoms with E-state index in [1.807, 2.05) is 18.2 Å². The highest BCUT2D eigenvalue weighted by molar-refractivity contribution is 8.03.